The summed E-state index contributed by atoms with van der Waals surface area (Å²) in [4.78, 5) is 32.5. The van der Waals surface area contributed by atoms with Crippen molar-refractivity contribution in [2.45, 2.75) is 64.8 Å². The van der Waals surface area contributed by atoms with Crippen molar-refractivity contribution in [3.05, 3.63) is 92.7 Å². The number of β-amino-alcohol motifs (C(OH)–C–C–N with tert-alkyl or cyclic N) is 1. The molecule has 0 bridgehead atoms. The lowest BCUT2D eigenvalue weighted by Crippen LogP contribution is -2.50. The molecule has 0 spiro atoms. The Kier molecular flexibility index (Phi) is 16.5. The van der Waals surface area contributed by atoms with Crippen LogP contribution in [0.4, 0.5) is 11.9 Å². The molecule has 0 atom stereocenters. The van der Waals surface area contributed by atoms with Crippen LogP contribution in [0.2, 0.25) is 0 Å². The first-order valence-electron chi connectivity index (χ1n) is 26.1. The minimum absolute atomic E-state index is 0.299. The number of alkyl halides is 1. The average molecular weight is 1050 g/mol. The van der Waals surface area contributed by atoms with Crippen molar-refractivity contribution in [1.29, 1.82) is 0 Å². The summed E-state index contributed by atoms with van der Waals surface area (Å²) >= 11 is 8.79. The Morgan fingerprint density at radius 3 is 1.47 bits per heavy atom. The van der Waals surface area contributed by atoms with Gasteiger partial charge in [-0.1, -0.05) is 60.7 Å². The number of rotatable bonds is 11. The molecule has 8 heterocycles. The van der Waals surface area contributed by atoms with Crippen LogP contribution in [0.5, 0.6) is 0 Å². The van der Waals surface area contributed by atoms with Crippen LogP contribution in [0.25, 0.3) is 55.1 Å². The SMILES string of the molecule is C1=Cc2c(cccc2-c2nc(N3CCOCC3)nc3c(CN4CCNCC4)csc23)C1.CC(C)(O)CCl.CC(C)(O)CN1CCN(Cc2csc3c(-c4cccc5c4C=CC5)nc(N4CCOCC4)nc23)CC1. The second kappa shape index (κ2) is 23.2. The zero-order valence-corrected chi connectivity index (χ0v) is 45.3. The first-order chi connectivity index (χ1) is 35.4. The molecule has 6 aromatic rings. The fourth-order valence-electron chi connectivity index (χ4n) is 10.3. The number of ether oxygens (including phenoxy) is 2. The Labute approximate surface area is 443 Å². The molecule has 14 nitrogen and oxygen atoms in total. The number of nitrogens with zero attached hydrogens (tertiary/aromatic N) is 9. The molecule has 17 heteroatoms. The second-order valence-corrected chi connectivity index (χ2v) is 23.2. The molecule has 4 aromatic heterocycles. The van der Waals surface area contributed by atoms with Gasteiger partial charge in [-0.25, -0.2) is 19.9 Å². The molecule has 388 valence electrons. The highest BCUT2D eigenvalue weighted by Gasteiger charge is 2.27. The molecule has 0 saturated carbocycles. The number of hydrogen-bond donors (Lipinski definition) is 3. The van der Waals surface area contributed by atoms with Gasteiger partial charge in [0.25, 0.3) is 0 Å². The van der Waals surface area contributed by atoms with Gasteiger partial charge in [-0.2, -0.15) is 0 Å². The summed E-state index contributed by atoms with van der Waals surface area (Å²) in [6, 6.07) is 13.2. The number of piperazine rings is 2. The van der Waals surface area contributed by atoms with Gasteiger partial charge >= 0.3 is 0 Å². The molecule has 0 radical (unpaired) electrons. The minimum Gasteiger partial charge on any atom is -0.389 e. The Morgan fingerprint density at radius 2 is 1.03 bits per heavy atom. The van der Waals surface area contributed by atoms with Gasteiger partial charge in [-0.05, 0) is 73.6 Å². The van der Waals surface area contributed by atoms with E-state index >= 15 is 0 Å². The normalized spacial score (nSPS) is 18.7. The lowest BCUT2D eigenvalue weighted by atomic mass is 10.0. The quantitative estimate of drug-likeness (QED) is 0.109. The number of allylic oxidation sites excluding steroid dienone is 2. The minimum atomic E-state index is -0.693. The van der Waals surface area contributed by atoms with Gasteiger partial charge in [-0.3, -0.25) is 14.7 Å². The summed E-state index contributed by atoms with van der Waals surface area (Å²) in [5.74, 6) is 1.95. The van der Waals surface area contributed by atoms with Crippen LogP contribution < -0.4 is 15.1 Å². The van der Waals surface area contributed by atoms with Crippen molar-refractivity contribution in [2.24, 2.45) is 0 Å². The van der Waals surface area contributed by atoms with Gasteiger partial charge in [0.2, 0.25) is 11.9 Å². The number of anilines is 2. The average Bonchev–Trinajstić information content (AvgIpc) is 4.25. The van der Waals surface area contributed by atoms with Gasteiger partial charge in [0, 0.05) is 120 Å². The fraction of sp³-hybridized carbons (Fsp3) is 0.500. The lowest BCUT2D eigenvalue weighted by Gasteiger charge is -2.37. The maximum Gasteiger partial charge on any atom is 0.226 e. The van der Waals surface area contributed by atoms with Crippen LogP contribution in [0.3, 0.4) is 0 Å². The molecule has 0 amide bonds. The molecular weight excluding hydrogens is 976 g/mol. The van der Waals surface area contributed by atoms with E-state index in [1.54, 1.807) is 36.5 Å². The first-order valence-corrected chi connectivity index (χ1v) is 28.3. The first kappa shape index (κ1) is 52.0. The smallest absolute Gasteiger partial charge is 0.226 e. The number of hydrogen-bond acceptors (Lipinski definition) is 16. The monoisotopic (exact) mass is 1050 g/mol. The highest BCUT2D eigenvalue weighted by molar-refractivity contribution is 7.18. The van der Waals surface area contributed by atoms with Crippen molar-refractivity contribution in [3.63, 3.8) is 0 Å². The van der Waals surface area contributed by atoms with Crippen molar-refractivity contribution in [1.82, 2.24) is 40.0 Å². The van der Waals surface area contributed by atoms with E-state index in [1.165, 1.54) is 53.9 Å². The zero-order valence-electron chi connectivity index (χ0n) is 42.9. The van der Waals surface area contributed by atoms with Crippen molar-refractivity contribution in [2.75, 3.05) is 127 Å². The fourth-order valence-corrected chi connectivity index (χ4v) is 12.3. The Morgan fingerprint density at radius 1 is 0.589 bits per heavy atom. The van der Waals surface area contributed by atoms with Gasteiger partial charge in [-0.15, -0.1) is 34.3 Å². The molecule has 2 aromatic carbocycles. The molecule has 73 heavy (non-hydrogen) atoms. The second-order valence-electron chi connectivity index (χ2n) is 21.1. The third kappa shape index (κ3) is 12.6. The molecule has 6 aliphatic rings. The van der Waals surface area contributed by atoms with E-state index in [0.29, 0.717) is 19.1 Å². The van der Waals surface area contributed by atoms with Crippen LogP contribution in [0.15, 0.2) is 59.3 Å². The third-order valence-corrected chi connectivity index (χ3v) is 16.8. The number of thiophene rings is 2. The van der Waals surface area contributed by atoms with Crippen LogP contribution in [-0.4, -0.2) is 173 Å². The van der Waals surface area contributed by atoms with Crippen molar-refractivity contribution < 1.29 is 19.7 Å². The summed E-state index contributed by atoms with van der Waals surface area (Å²) < 4.78 is 13.6. The van der Waals surface area contributed by atoms with Gasteiger partial charge < -0.3 is 34.8 Å². The number of nitrogens with one attached hydrogen (secondary N) is 1. The van der Waals surface area contributed by atoms with E-state index in [1.807, 2.05) is 13.8 Å². The third-order valence-electron chi connectivity index (χ3n) is 14.1. The largest absolute Gasteiger partial charge is 0.389 e. The molecule has 2 aliphatic carbocycles. The number of aromatic nitrogens is 4. The zero-order chi connectivity index (χ0) is 50.5. The maximum absolute atomic E-state index is 10.2. The highest BCUT2D eigenvalue weighted by Crippen LogP contribution is 2.41. The lowest BCUT2D eigenvalue weighted by molar-refractivity contribution is 0.0167. The molecule has 4 aliphatic heterocycles. The molecule has 3 N–H and O–H groups in total. The van der Waals surface area contributed by atoms with E-state index in [4.69, 9.17) is 46.1 Å². The van der Waals surface area contributed by atoms with Gasteiger partial charge in [0.05, 0.1) is 75.3 Å². The molecule has 4 saturated heterocycles. The summed E-state index contributed by atoms with van der Waals surface area (Å²) in [5, 5.41) is 26.9. The van der Waals surface area contributed by atoms with Crippen LogP contribution in [0, 0.1) is 0 Å². The number of fused-ring (bicyclic) bond motifs is 4. The topological polar surface area (TPSA) is 139 Å². The predicted molar refractivity (Wildman–Crippen MR) is 300 cm³/mol. The standard InChI is InChI=1S/C28H35N5O2S.C24H27N5OS.C4H9ClO/c1-28(2,34)19-32-11-9-31(10-12-32)17-21-18-36-26-24(21)29-27(33-13-15-35-16-14-33)30-25(26)23-8-4-6-20-5-3-7-22(20)23;1-3-17-4-2-6-20(19(17)5-1)22-23-21(26-24(27-22)29-11-13-30-14-12-29)18(16-31-23)15-28-9-7-25-8-10-28;1-4(2,6)3-5/h3-4,6-8,18,34H,5,9-17,19H2,1-2H3;1-2,4-6,16,25H,3,7-15H2;6H,3H2,1-2H3. The Hall–Kier alpha value is -4.43. The summed E-state index contributed by atoms with van der Waals surface area (Å²) in [5.41, 5.74) is 13.4. The van der Waals surface area contributed by atoms with E-state index in [2.05, 4.69) is 101 Å². The molecule has 4 fully saturated rings. The molecule has 0 unspecified atom stereocenters. The van der Waals surface area contributed by atoms with Crippen LogP contribution in [-0.2, 0) is 35.4 Å². The molecular formula is C56H71ClN10O4S2. The number of halogens is 1. The summed E-state index contributed by atoms with van der Waals surface area (Å²) in [6.07, 6.45) is 11.0. The molecule has 12 rings (SSSR count). The Bertz CT molecular complexity index is 2900. The van der Waals surface area contributed by atoms with E-state index < -0.39 is 11.2 Å². The number of morpholine rings is 2. The maximum atomic E-state index is 10.2. The Balaban J connectivity index is 0.000000152. The van der Waals surface area contributed by atoms with E-state index in [9.17, 15) is 5.11 Å². The summed E-state index contributed by atoms with van der Waals surface area (Å²) in [6.45, 7) is 24.1. The van der Waals surface area contributed by atoms with E-state index in [-0.39, 0.29) is 0 Å². The predicted octanol–water partition coefficient (Wildman–Crippen LogP) is 7.82. The van der Waals surface area contributed by atoms with Crippen LogP contribution >= 0.6 is 34.3 Å². The van der Waals surface area contributed by atoms with E-state index in [0.717, 1.165) is 159 Å². The van der Waals surface area contributed by atoms with Gasteiger partial charge in [0.15, 0.2) is 0 Å². The number of benzene rings is 2. The van der Waals surface area contributed by atoms with Crippen LogP contribution in [0.1, 0.15) is 61.1 Å². The summed E-state index contributed by atoms with van der Waals surface area (Å²) in [7, 11) is 0. The van der Waals surface area contributed by atoms with Gasteiger partial charge in [0.1, 0.15) is 0 Å². The van der Waals surface area contributed by atoms with Crippen molar-refractivity contribution >= 4 is 78.8 Å². The van der Waals surface area contributed by atoms with Crippen molar-refractivity contribution in [3.8, 4) is 22.5 Å². The highest BCUT2D eigenvalue weighted by atomic mass is 35.5. The number of aliphatic hydroxyl groups is 2.